The van der Waals surface area contributed by atoms with E-state index in [1.165, 1.54) is 11.8 Å². The van der Waals surface area contributed by atoms with Crippen LogP contribution in [0.1, 0.15) is 24.5 Å². The quantitative estimate of drug-likeness (QED) is 0.514. The van der Waals surface area contributed by atoms with Gasteiger partial charge in [0.15, 0.2) is 0 Å². The molecule has 4 rings (SSSR count). The van der Waals surface area contributed by atoms with E-state index in [-0.39, 0.29) is 6.10 Å². The lowest BCUT2D eigenvalue weighted by Crippen LogP contribution is -2.06. The van der Waals surface area contributed by atoms with E-state index in [1.807, 2.05) is 36.7 Å². The molecule has 0 aliphatic rings. The minimum Gasteiger partial charge on any atom is -0.393 e. The summed E-state index contributed by atoms with van der Waals surface area (Å²) < 4.78 is 3.49. The Hall–Kier alpha value is -3.59. The zero-order chi connectivity index (χ0) is 21.1. The van der Waals surface area contributed by atoms with Crippen molar-refractivity contribution in [1.29, 1.82) is 10.5 Å². The van der Waals surface area contributed by atoms with Crippen molar-refractivity contribution < 1.29 is 5.11 Å². The number of hydrogen-bond acceptors (Lipinski definition) is 6. The van der Waals surface area contributed by atoms with E-state index in [4.69, 9.17) is 0 Å². The van der Waals surface area contributed by atoms with E-state index < -0.39 is 0 Å². The monoisotopic (exact) mass is 414 g/mol. The minimum atomic E-state index is -0.384. The number of fused-ring (bicyclic) bond motifs is 1. The summed E-state index contributed by atoms with van der Waals surface area (Å²) in [6.07, 6.45) is 7.35. The highest BCUT2D eigenvalue weighted by molar-refractivity contribution is 7.99. The van der Waals surface area contributed by atoms with Gasteiger partial charge in [-0.15, -0.1) is 0 Å². The first kappa shape index (κ1) is 19.7. The van der Waals surface area contributed by atoms with Crippen LogP contribution in [-0.4, -0.2) is 30.6 Å². The second kappa shape index (κ2) is 8.42. The van der Waals surface area contributed by atoms with Crippen LogP contribution in [0.15, 0.2) is 64.9 Å². The molecule has 0 radical (unpaired) electrons. The van der Waals surface area contributed by atoms with Gasteiger partial charge in [0.25, 0.3) is 0 Å². The Labute approximate surface area is 177 Å². The Morgan fingerprint density at radius 3 is 2.60 bits per heavy atom. The number of hydrogen-bond donors (Lipinski definition) is 1. The van der Waals surface area contributed by atoms with E-state index >= 15 is 0 Å². The van der Waals surface area contributed by atoms with E-state index in [9.17, 15) is 15.6 Å². The van der Waals surface area contributed by atoms with E-state index in [0.29, 0.717) is 29.6 Å². The summed E-state index contributed by atoms with van der Waals surface area (Å²) in [6, 6.07) is 13.8. The van der Waals surface area contributed by atoms with Crippen LogP contribution in [0.25, 0.3) is 16.6 Å². The van der Waals surface area contributed by atoms with Crippen LogP contribution < -0.4 is 0 Å². The van der Waals surface area contributed by atoms with Crippen molar-refractivity contribution in [1.82, 2.24) is 19.4 Å². The lowest BCUT2D eigenvalue weighted by Gasteiger charge is -2.09. The molecular weight excluding hydrogens is 396 g/mol. The average Bonchev–Trinajstić information content (AvgIpc) is 3.39. The topological polar surface area (TPSA) is 103 Å². The molecule has 0 amide bonds. The fourth-order valence-corrected chi connectivity index (χ4v) is 4.22. The lowest BCUT2D eigenvalue weighted by atomic mass is 10.1. The summed E-state index contributed by atoms with van der Waals surface area (Å²) in [5, 5.41) is 37.2. The number of aliphatic hydroxyl groups excluding tert-OH is 1. The molecule has 0 saturated carbocycles. The van der Waals surface area contributed by atoms with Gasteiger partial charge in [-0.25, -0.2) is 4.52 Å². The van der Waals surface area contributed by atoms with Gasteiger partial charge in [-0.2, -0.15) is 20.7 Å². The number of pyridine rings is 1. The largest absolute Gasteiger partial charge is 0.393 e. The van der Waals surface area contributed by atoms with Gasteiger partial charge in [-0.1, -0.05) is 23.9 Å². The third-order valence-electron chi connectivity index (χ3n) is 4.67. The molecule has 7 nitrogen and oxygen atoms in total. The van der Waals surface area contributed by atoms with Crippen LogP contribution in [-0.2, 0) is 6.54 Å². The summed E-state index contributed by atoms with van der Waals surface area (Å²) in [5.74, 6) is 0. The molecule has 0 bridgehead atoms. The normalized spacial score (nSPS) is 11.9. The minimum absolute atomic E-state index is 0.384. The first-order chi connectivity index (χ1) is 14.6. The number of nitriles is 2. The third kappa shape index (κ3) is 3.92. The molecule has 3 heterocycles. The molecule has 0 spiro atoms. The average molecular weight is 414 g/mol. The van der Waals surface area contributed by atoms with Gasteiger partial charge < -0.3 is 5.11 Å². The maximum Gasteiger partial charge on any atom is 0.103 e. The van der Waals surface area contributed by atoms with Crippen LogP contribution in [0.2, 0.25) is 0 Å². The molecule has 0 fully saturated rings. The summed E-state index contributed by atoms with van der Waals surface area (Å²) in [5.41, 5.74) is 3.57. The fraction of sp³-hybridized carbons (Fsp3) is 0.182. The Kier molecular flexibility index (Phi) is 5.53. The molecule has 0 aliphatic heterocycles. The van der Waals surface area contributed by atoms with Crippen molar-refractivity contribution >= 4 is 17.3 Å². The van der Waals surface area contributed by atoms with Crippen molar-refractivity contribution in [2.24, 2.45) is 0 Å². The zero-order valence-electron chi connectivity index (χ0n) is 16.2. The first-order valence-corrected chi connectivity index (χ1v) is 10.2. The molecule has 1 atom stereocenters. The molecule has 30 heavy (non-hydrogen) atoms. The van der Waals surface area contributed by atoms with Gasteiger partial charge in [-0.05, 0) is 31.5 Å². The first-order valence-electron chi connectivity index (χ1n) is 9.38. The maximum absolute atomic E-state index is 9.51. The van der Waals surface area contributed by atoms with E-state index in [0.717, 1.165) is 20.9 Å². The van der Waals surface area contributed by atoms with Gasteiger partial charge in [0.2, 0.25) is 0 Å². The molecule has 8 heteroatoms. The third-order valence-corrected chi connectivity index (χ3v) is 5.77. The number of aliphatic hydroxyl groups is 1. The van der Waals surface area contributed by atoms with Gasteiger partial charge >= 0.3 is 0 Å². The smallest absolute Gasteiger partial charge is 0.103 e. The second-order valence-corrected chi connectivity index (χ2v) is 7.98. The SMILES string of the molecule is C[C@H](O)CCn1cc(-c2cc(Sc3ccccc3C#N)c3c(C#N)cnn3c2)cn1. The molecule has 1 N–H and O–H groups in total. The predicted octanol–water partition coefficient (Wildman–Crippen LogP) is 3.86. The van der Waals surface area contributed by atoms with Crippen LogP contribution in [0.3, 0.4) is 0 Å². The van der Waals surface area contributed by atoms with Gasteiger partial charge in [0.05, 0.1) is 35.1 Å². The summed E-state index contributed by atoms with van der Waals surface area (Å²) >= 11 is 1.44. The number of aryl methyl sites for hydroxylation is 1. The molecular formula is C22H18N6OS. The molecule has 0 aliphatic carbocycles. The van der Waals surface area contributed by atoms with Gasteiger partial charge in [0, 0.05) is 39.9 Å². The van der Waals surface area contributed by atoms with Crippen molar-refractivity contribution in [2.75, 3.05) is 0 Å². The van der Waals surface area contributed by atoms with Crippen LogP contribution in [0.5, 0.6) is 0 Å². The Balaban J connectivity index is 1.78. The van der Waals surface area contributed by atoms with Gasteiger partial charge in [0.1, 0.15) is 12.1 Å². The van der Waals surface area contributed by atoms with Crippen molar-refractivity contribution in [2.45, 2.75) is 35.8 Å². The van der Waals surface area contributed by atoms with E-state index in [1.54, 1.807) is 34.6 Å². The maximum atomic E-state index is 9.51. The lowest BCUT2D eigenvalue weighted by molar-refractivity contribution is 0.176. The van der Waals surface area contributed by atoms with Gasteiger partial charge in [-0.3, -0.25) is 4.68 Å². The number of benzene rings is 1. The predicted molar refractivity (Wildman–Crippen MR) is 113 cm³/mol. The number of aromatic nitrogens is 4. The van der Waals surface area contributed by atoms with Crippen LogP contribution in [0.4, 0.5) is 0 Å². The zero-order valence-corrected chi connectivity index (χ0v) is 17.0. The standard InChI is InChI=1S/C22H18N6OS/c1-15(29)6-7-27-13-19(12-25-27)17-8-21(22-18(10-24)11-26-28(22)14-17)30-20-5-3-2-4-16(20)9-23/h2-5,8,11-15,29H,6-7H2,1H3/t15-/m0/s1. The molecule has 0 unspecified atom stereocenters. The summed E-state index contributed by atoms with van der Waals surface area (Å²) in [7, 11) is 0. The van der Waals surface area contributed by atoms with Crippen molar-refractivity contribution in [3.05, 3.63) is 66.2 Å². The van der Waals surface area contributed by atoms with Crippen molar-refractivity contribution in [3.63, 3.8) is 0 Å². The highest BCUT2D eigenvalue weighted by atomic mass is 32.2. The van der Waals surface area contributed by atoms with Crippen LogP contribution >= 0.6 is 11.8 Å². The fourth-order valence-electron chi connectivity index (χ4n) is 3.12. The molecule has 1 aromatic carbocycles. The Morgan fingerprint density at radius 2 is 1.83 bits per heavy atom. The van der Waals surface area contributed by atoms with Crippen LogP contribution in [0, 0.1) is 22.7 Å². The number of rotatable bonds is 6. The highest BCUT2D eigenvalue weighted by Crippen LogP contribution is 2.36. The van der Waals surface area contributed by atoms with Crippen molar-refractivity contribution in [3.8, 4) is 23.3 Å². The highest BCUT2D eigenvalue weighted by Gasteiger charge is 2.15. The Morgan fingerprint density at radius 1 is 1.03 bits per heavy atom. The molecule has 148 valence electrons. The summed E-state index contributed by atoms with van der Waals surface area (Å²) in [4.78, 5) is 1.65. The van der Waals surface area contributed by atoms with E-state index in [2.05, 4.69) is 22.3 Å². The molecule has 0 saturated heterocycles. The number of nitrogens with zero attached hydrogens (tertiary/aromatic N) is 6. The molecule has 4 aromatic rings. The summed E-state index contributed by atoms with van der Waals surface area (Å²) in [6.45, 7) is 2.38. The Bertz CT molecular complexity index is 1290. The second-order valence-electron chi connectivity index (χ2n) is 6.90. The molecule has 3 aromatic heterocycles.